The first-order valence-corrected chi connectivity index (χ1v) is 8.31. The van der Waals surface area contributed by atoms with E-state index in [1.54, 1.807) is 0 Å². The summed E-state index contributed by atoms with van der Waals surface area (Å²) in [6.07, 6.45) is 1.88. The summed E-state index contributed by atoms with van der Waals surface area (Å²) >= 11 is 0. The van der Waals surface area contributed by atoms with E-state index >= 15 is 0 Å². The Hall–Kier alpha value is -3.60. The molecule has 0 aliphatic carbocycles. The van der Waals surface area contributed by atoms with Crippen LogP contribution in [0.1, 0.15) is 0 Å². The van der Waals surface area contributed by atoms with Crippen molar-refractivity contribution in [1.82, 2.24) is 9.38 Å². The van der Waals surface area contributed by atoms with Gasteiger partial charge in [0.05, 0.1) is 0 Å². The molecule has 2 heterocycles. The molecule has 1 N–H and O–H groups in total. The lowest BCUT2D eigenvalue weighted by atomic mass is 10.1. The second-order valence-electron chi connectivity index (χ2n) is 5.75. The number of fused-ring (bicyclic) bond motifs is 1. The Bertz CT molecular complexity index is 1030. The zero-order valence-corrected chi connectivity index (χ0v) is 14.0. The van der Waals surface area contributed by atoms with Gasteiger partial charge in [-0.15, -0.1) is 0 Å². The first kappa shape index (κ1) is 15.9. The summed E-state index contributed by atoms with van der Waals surface area (Å²) in [5, 5.41) is 2.94. The van der Waals surface area contributed by atoms with Gasteiger partial charge in [0.1, 0.15) is 22.9 Å². The van der Waals surface area contributed by atoms with Crippen LogP contribution in [-0.4, -0.2) is 21.9 Å². The predicted octanol–water partition coefficient (Wildman–Crippen LogP) is 4.02. The number of nitrogens with one attached hydrogen (secondary N) is 1. The average molecular weight is 343 g/mol. The Labute approximate surface area is 150 Å². The van der Waals surface area contributed by atoms with E-state index < -0.39 is 0 Å². The number of para-hydroxylation sites is 1. The zero-order valence-electron chi connectivity index (χ0n) is 14.0. The molecule has 0 aliphatic heterocycles. The summed E-state index contributed by atoms with van der Waals surface area (Å²) in [5.41, 5.74) is 2.44. The second kappa shape index (κ2) is 7.11. The molecule has 5 nitrogen and oxygen atoms in total. The number of carbonyl (C=O) groups excluding carboxylic acids is 1. The summed E-state index contributed by atoms with van der Waals surface area (Å²) in [4.78, 5) is 17.1. The van der Waals surface area contributed by atoms with Gasteiger partial charge in [0, 0.05) is 11.8 Å². The Morgan fingerprint density at radius 3 is 2.38 bits per heavy atom. The molecular formula is C21H17N3O2. The van der Waals surface area contributed by atoms with Crippen molar-refractivity contribution in [1.29, 1.82) is 0 Å². The molecule has 0 spiro atoms. The fourth-order valence-corrected chi connectivity index (χ4v) is 2.75. The van der Waals surface area contributed by atoms with Crippen LogP contribution < -0.4 is 10.1 Å². The van der Waals surface area contributed by atoms with Crippen LogP contribution >= 0.6 is 0 Å². The Morgan fingerprint density at radius 2 is 1.62 bits per heavy atom. The molecule has 2 aromatic heterocycles. The molecule has 0 saturated heterocycles. The topological polar surface area (TPSA) is 55.6 Å². The van der Waals surface area contributed by atoms with E-state index in [0.717, 1.165) is 16.9 Å². The van der Waals surface area contributed by atoms with Crippen LogP contribution in [0.15, 0.2) is 85.1 Å². The monoisotopic (exact) mass is 343 g/mol. The predicted molar refractivity (Wildman–Crippen MR) is 101 cm³/mol. The maximum Gasteiger partial charge on any atom is 0.263 e. The summed E-state index contributed by atoms with van der Waals surface area (Å²) in [6, 6.07) is 24.8. The number of ether oxygens (including phenoxy) is 1. The Balaban J connectivity index is 1.61. The molecule has 128 valence electrons. The van der Waals surface area contributed by atoms with Gasteiger partial charge < -0.3 is 10.1 Å². The highest BCUT2D eigenvalue weighted by Crippen LogP contribution is 2.28. The van der Waals surface area contributed by atoms with Gasteiger partial charge >= 0.3 is 0 Å². The number of hydrogen-bond acceptors (Lipinski definition) is 3. The van der Waals surface area contributed by atoms with Gasteiger partial charge in [-0.2, -0.15) is 0 Å². The third-order valence-electron chi connectivity index (χ3n) is 3.95. The fourth-order valence-electron chi connectivity index (χ4n) is 2.75. The number of hydrogen-bond donors (Lipinski definition) is 1. The van der Waals surface area contributed by atoms with Gasteiger partial charge in [0.15, 0.2) is 6.61 Å². The third-order valence-corrected chi connectivity index (χ3v) is 3.95. The van der Waals surface area contributed by atoms with E-state index in [1.807, 2.05) is 89.5 Å². The molecular weight excluding hydrogens is 326 g/mol. The Kier molecular flexibility index (Phi) is 4.35. The van der Waals surface area contributed by atoms with E-state index in [1.165, 1.54) is 0 Å². The molecule has 0 saturated carbocycles. The molecule has 26 heavy (non-hydrogen) atoms. The lowest BCUT2D eigenvalue weighted by Crippen LogP contribution is -2.21. The minimum Gasteiger partial charge on any atom is -0.484 e. The number of nitrogens with zero attached hydrogens (tertiary/aromatic N) is 2. The number of aromatic nitrogens is 2. The number of pyridine rings is 1. The number of amides is 1. The fraction of sp³-hybridized carbons (Fsp3) is 0.0476. The summed E-state index contributed by atoms with van der Waals surface area (Å²) in [6.45, 7) is -0.0711. The van der Waals surface area contributed by atoms with Crippen LogP contribution in [0, 0.1) is 0 Å². The van der Waals surface area contributed by atoms with Crippen LogP contribution in [0.5, 0.6) is 5.75 Å². The number of imidazole rings is 1. The molecule has 4 rings (SSSR count). The molecule has 0 atom stereocenters. The zero-order chi connectivity index (χ0) is 17.8. The summed E-state index contributed by atoms with van der Waals surface area (Å²) in [7, 11) is 0. The van der Waals surface area contributed by atoms with Gasteiger partial charge in [-0.3, -0.25) is 9.20 Å². The first-order valence-electron chi connectivity index (χ1n) is 8.31. The van der Waals surface area contributed by atoms with Gasteiger partial charge in [-0.25, -0.2) is 4.98 Å². The smallest absolute Gasteiger partial charge is 0.263 e. The maximum atomic E-state index is 12.4. The van der Waals surface area contributed by atoms with Crippen molar-refractivity contribution in [3.05, 3.63) is 85.1 Å². The van der Waals surface area contributed by atoms with Gasteiger partial charge in [-0.05, 0) is 24.3 Å². The lowest BCUT2D eigenvalue weighted by molar-refractivity contribution is -0.118. The minimum absolute atomic E-state index is 0.0711. The van der Waals surface area contributed by atoms with Crippen molar-refractivity contribution in [2.75, 3.05) is 11.9 Å². The molecule has 2 aromatic carbocycles. The van der Waals surface area contributed by atoms with Crippen LogP contribution in [-0.2, 0) is 4.79 Å². The quantitative estimate of drug-likeness (QED) is 0.595. The van der Waals surface area contributed by atoms with E-state index in [4.69, 9.17) is 4.74 Å². The standard InChI is InChI=1S/C21H17N3O2/c25-19(15-26-17-11-5-2-6-12-17)23-21-20(16-9-3-1-4-10-16)22-18-13-7-8-14-24(18)21/h1-14H,15H2,(H,23,25). The summed E-state index contributed by atoms with van der Waals surface area (Å²) in [5.74, 6) is 1.05. The molecule has 0 radical (unpaired) electrons. The van der Waals surface area contributed by atoms with E-state index in [2.05, 4.69) is 10.3 Å². The van der Waals surface area contributed by atoms with Gasteiger partial charge in [0.25, 0.3) is 5.91 Å². The SMILES string of the molecule is O=C(COc1ccccc1)Nc1c(-c2ccccc2)nc2ccccn12. The van der Waals surface area contributed by atoms with Crippen LogP contribution in [0.2, 0.25) is 0 Å². The van der Waals surface area contributed by atoms with Crippen LogP contribution in [0.3, 0.4) is 0 Å². The number of carbonyl (C=O) groups is 1. The van der Waals surface area contributed by atoms with Crippen molar-refractivity contribution in [3.63, 3.8) is 0 Å². The molecule has 4 aromatic rings. The van der Waals surface area contributed by atoms with Crippen molar-refractivity contribution in [2.45, 2.75) is 0 Å². The average Bonchev–Trinajstić information content (AvgIpc) is 3.06. The number of anilines is 1. The Morgan fingerprint density at radius 1 is 0.923 bits per heavy atom. The maximum absolute atomic E-state index is 12.4. The minimum atomic E-state index is -0.239. The normalized spacial score (nSPS) is 10.6. The molecule has 0 aliphatic rings. The van der Waals surface area contributed by atoms with E-state index in [0.29, 0.717) is 11.6 Å². The molecule has 1 amide bonds. The molecule has 0 unspecified atom stereocenters. The molecule has 0 fully saturated rings. The third kappa shape index (κ3) is 3.28. The summed E-state index contributed by atoms with van der Waals surface area (Å²) < 4.78 is 7.40. The van der Waals surface area contributed by atoms with E-state index in [-0.39, 0.29) is 12.5 Å². The van der Waals surface area contributed by atoms with Crippen molar-refractivity contribution < 1.29 is 9.53 Å². The highest BCUT2D eigenvalue weighted by molar-refractivity contribution is 5.95. The highest BCUT2D eigenvalue weighted by atomic mass is 16.5. The molecule has 0 bridgehead atoms. The number of benzene rings is 2. The van der Waals surface area contributed by atoms with Crippen LogP contribution in [0.25, 0.3) is 16.9 Å². The van der Waals surface area contributed by atoms with Crippen molar-refractivity contribution >= 4 is 17.4 Å². The van der Waals surface area contributed by atoms with Gasteiger partial charge in [-0.1, -0.05) is 54.6 Å². The van der Waals surface area contributed by atoms with Gasteiger partial charge in [0.2, 0.25) is 0 Å². The van der Waals surface area contributed by atoms with Crippen LogP contribution in [0.4, 0.5) is 5.82 Å². The lowest BCUT2D eigenvalue weighted by Gasteiger charge is -2.09. The van der Waals surface area contributed by atoms with E-state index in [9.17, 15) is 4.79 Å². The largest absolute Gasteiger partial charge is 0.484 e. The second-order valence-corrected chi connectivity index (χ2v) is 5.75. The molecule has 5 heteroatoms. The highest BCUT2D eigenvalue weighted by Gasteiger charge is 2.16. The van der Waals surface area contributed by atoms with Crippen molar-refractivity contribution in [2.24, 2.45) is 0 Å². The van der Waals surface area contributed by atoms with Crippen molar-refractivity contribution in [3.8, 4) is 17.0 Å². The first-order chi connectivity index (χ1) is 12.8. The number of rotatable bonds is 5.